The van der Waals surface area contributed by atoms with Crippen molar-refractivity contribution in [2.45, 2.75) is 52.9 Å². The molecule has 0 aromatic heterocycles. The Hall–Kier alpha value is -2.69. The summed E-state index contributed by atoms with van der Waals surface area (Å²) < 4.78 is 11.5. The fraction of sp³-hybridized carbons (Fsp3) is 0.480. The number of hydrogen-bond donors (Lipinski definition) is 2. The molecular formula is C25H36N2O3. The molecule has 0 bridgehead atoms. The molecule has 0 aliphatic rings. The summed E-state index contributed by atoms with van der Waals surface area (Å²) in [6.45, 7) is 8.15. The summed E-state index contributed by atoms with van der Waals surface area (Å²) in [6, 6.07) is 15.2. The maximum absolute atomic E-state index is 12.3. The van der Waals surface area contributed by atoms with E-state index in [2.05, 4.69) is 31.4 Å². The third-order valence-corrected chi connectivity index (χ3v) is 4.66. The molecule has 2 aromatic rings. The van der Waals surface area contributed by atoms with E-state index < -0.39 is 0 Å². The molecule has 2 rings (SSSR count). The SMILES string of the molecule is CCCCCCOc1ccc(NCC(=O)Nc2cccc(OCCC(C)C)c2)cc1. The molecule has 0 aliphatic carbocycles. The molecule has 0 fully saturated rings. The fourth-order valence-corrected chi connectivity index (χ4v) is 2.85. The summed E-state index contributed by atoms with van der Waals surface area (Å²) in [6.07, 6.45) is 5.77. The Morgan fingerprint density at radius 1 is 0.900 bits per heavy atom. The number of amides is 1. The largest absolute Gasteiger partial charge is 0.494 e. The fourth-order valence-electron chi connectivity index (χ4n) is 2.85. The van der Waals surface area contributed by atoms with Crippen LogP contribution in [-0.2, 0) is 4.79 Å². The van der Waals surface area contributed by atoms with Crippen LogP contribution in [0.15, 0.2) is 48.5 Å². The summed E-state index contributed by atoms with van der Waals surface area (Å²) in [5, 5.41) is 6.04. The van der Waals surface area contributed by atoms with Gasteiger partial charge in [-0.05, 0) is 55.2 Å². The zero-order valence-electron chi connectivity index (χ0n) is 18.6. The van der Waals surface area contributed by atoms with Crippen LogP contribution in [0.25, 0.3) is 0 Å². The number of anilines is 2. The molecule has 0 saturated heterocycles. The molecule has 0 aliphatic heterocycles. The van der Waals surface area contributed by atoms with Crippen molar-refractivity contribution in [2.75, 3.05) is 30.4 Å². The van der Waals surface area contributed by atoms with E-state index >= 15 is 0 Å². The van der Waals surface area contributed by atoms with E-state index in [1.165, 1.54) is 19.3 Å². The van der Waals surface area contributed by atoms with Gasteiger partial charge >= 0.3 is 0 Å². The highest BCUT2D eigenvalue weighted by Gasteiger charge is 2.05. The topological polar surface area (TPSA) is 59.6 Å². The Morgan fingerprint density at radius 3 is 2.40 bits per heavy atom. The van der Waals surface area contributed by atoms with Crippen LogP contribution >= 0.6 is 0 Å². The Labute approximate surface area is 181 Å². The molecule has 0 heterocycles. The van der Waals surface area contributed by atoms with Crippen molar-refractivity contribution in [1.29, 1.82) is 0 Å². The first-order valence-electron chi connectivity index (χ1n) is 11.1. The zero-order chi connectivity index (χ0) is 21.6. The molecule has 5 heteroatoms. The Bertz CT molecular complexity index is 744. The Balaban J connectivity index is 1.71. The number of unbranched alkanes of at least 4 members (excludes halogenated alkanes) is 3. The van der Waals surface area contributed by atoms with Gasteiger partial charge in [-0.1, -0.05) is 46.1 Å². The van der Waals surface area contributed by atoms with Crippen LogP contribution in [0.3, 0.4) is 0 Å². The van der Waals surface area contributed by atoms with Crippen LogP contribution < -0.4 is 20.1 Å². The van der Waals surface area contributed by atoms with Crippen molar-refractivity contribution in [3.05, 3.63) is 48.5 Å². The van der Waals surface area contributed by atoms with Crippen molar-refractivity contribution in [3.8, 4) is 11.5 Å². The maximum Gasteiger partial charge on any atom is 0.243 e. The van der Waals surface area contributed by atoms with Crippen molar-refractivity contribution < 1.29 is 14.3 Å². The Morgan fingerprint density at radius 2 is 1.67 bits per heavy atom. The Kier molecular flexibility index (Phi) is 10.6. The molecule has 0 spiro atoms. The third kappa shape index (κ3) is 9.68. The highest BCUT2D eigenvalue weighted by molar-refractivity contribution is 5.93. The standard InChI is InChI=1S/C25H36N2O3/c1-4-5-6-7-16-29-23-13-11-21(12-14-23)26-19-25(28)27-22-9-8-10-24(18-22)30-17-15-20(2)3/h8-14,18,20,26H,4-7,15-17,19H2,1-3H3,(H,27,28). The highest BCUT2D eigenvalue weighted by atomic mass is 16.5. The third-order valence-electron chi connectivity index (χ3n) is 4.66. The normalized spacial score (nSPS) is 10.7. The maximum atomic E-state index is 12.3. The zero-order valence-corrected chi connectivity index (χ0v) is 18.6. The van der Waals surface area contributed by atoms with E-state index in [0.717, 1.165) is 42.3 Å². The molecule has 0 unspecified atom stereocenters. The molecule has 164 valence electrons. The monoisotopic (exact) mass is 412 g/mol. The van der Waals surface area contributed by atoms with Crippen LogP contribution in [-0.4, -0.2) is 25.7 Å². The van der Waals surface area contributed by atoms with Crippen molar-refractivity contribution in [3.63, 3.8) is 0 Å². The summed E-state index contributed by atoms with van der Waals surface area (Å²) in [4.78, 5) is 12.3. The average molecular weight is 413 g/mol. The van der Waals surface area contributed by atoms with E-state index in [1.54, 1.807) is 0 Å². The lowest BCUT2D eigenvalue weighted by Gasteiger charge is -2.11. The summed E-state index contributed by atoms with van der Waals surface area (Å²) in [5.74, 6) is 2.12. The smallest absolute Gasteiger partial charge is 0.243 e. The van der Waals surface area contributed by atoms with Gasteiger partial charge < -0.3 is 20.1 Å². The second kappa shape index (κ2) is 13.5. The van der Waals surface area contributed by atoms with E-state index in [0.29, 0.717) is 12.5 Å². The van der Waals surface area contributed by atoms with Crippen LogP contribution in [0.1, 0.15) is 52.9 Å². The van der Waals surface area contributed by atoms with Crippen LogP contribution in [0.4, 0.5) is 11.4 Å². The molecule has 1 amide bonds. The molecule has 0 saturated carbocycles. The molecule has 2 aromatic carbocycles. The van der Waals surface area contributed by atoms with Gasteiger partial charge in [0.15, 0.2) is 0 Å². The quantitative estimate of drug-likeness (QED) is 0.367. The van der Waals surface area contributed by atoms with Gasteiger partial charge in [-0.15, -0.1) is 0 Å². The number of ether oxygens (including phenoxy) is 2. The highest BCUT2D eigenvalue weighted by Crippen LogP contribution is 2.19. The van der Waals surface area contributed by atoms with Gasteiger partial charge in [0.2, 0.25) is 5.91 Å². The van der Waals surface area contributed by atoms with Gasteiger partial charge in [0, 0.05) is 17.4 Å². The van der Waals surface area contributed by atoms with E-state index in [-0.39, 0.29) is 12.5 Å². The summed E-state index contributed by atoms with van der Waals surface area (Å²) >= 11 is 0. The lowest BCUT2D eigenvalue weighted by Crippen LogP contribution is -2.21. The second-order valence-corrected chi connectivity index (χ2v) is 7.89. The van der Waals surface area contributed by atoms with Gasteiger partial charge in [-0.25, -0.2) is 0 Å². The second-order valence-electron chi connectivity index (χ2n) is 7.89. The lowest BCUT2D eigenvalue weighted by atomic mass is 10.1. The molecule has 0 radical (unpaired) electrons. The number of carbonyl (C=O) groups is 1. The minimum absolute atomic E-state index is 0.106. The molecule has 2 N–H and O–H groups in total. The molecule has 30 heavy (non-hydrogen) atoms. The van der Waals surface area contributed by atoms with Crippen LogP contribution in [0.5, 0.6) is 11.5 Å². The van der Waals surface area contributed by atoms with Gasteiger partial charge in [-0.2, -0.15) is 0 Å². The number of nitrogens with one attached hydrogen (secondary N) is 2. The van der Waals surface area contributed by atoms with E-state index in [1.807, 2.05) is 48.5 Å². The first-order valence-corrected chi connectivity index (χ1v) is 11.1. The van der Waals surface area contributed by atoms with E-state index in [9.17, 15) is 4.79 Å². The molecule has 5 nitrogen and oxygen atoms in total. The first-order chi connectivity index (χ1) is 14.6. The minimum atomic E-state index is -0.106. The number of carbonyl (C=O) groups excluding carboxylic acids is 1. The lowest BCUT2D eigenvalue weighted by molar-refractivity contribution is -0.114. The van der Waals surface area contributed by atoms with Crippen molar-refractivity contribution >= 4 is 17.3 Å². The molecular weight excluding hydrogens is 376 g/mol. The summed E-state index contributed by atoms with van der Waals surface area (Å²) in [5.41, 5.74) is 1.62. The predicted octanol–water partition coefficient (Wildman–Crippen LogP) is 6.12. The van der Waals surface area contributed by atoms with Crippen LogP contribution in [0.2, 0.25) is 0 Å². The minimum Gasteiger partial charge on any atom is -0.494 e. The number of hydrogen-bond acceptors (Lipinski definition) is 4. The van der Waals surface area contributed by atoms with E-state index in [4.69, 9.17) is 9.47 Å². The van der Waals surface area contributed by atoms with Gasteiger partial charge in [0.25, 0.3) is 0 Å². The van der Waals surface area contributed by atoms with Gasteiger partial charge in [0.05, 0.1) is 19.8 Å². The molecule has 0 atom stereocenters. The predicted molar refractivity (Wildman–Crippen MR) is 125 cm³/mol. The van der Waals surface area contributed by atoms with Crippen molar-refractivity contribution in [2.24, 2.45) is 5.92 Å². The van der Waals surface area contributed by atoms with Gasteiger partial charge in [0.1, 0.15) is 11.5 Å². The van der Waals surface area contributed by atoms with Crippen LogP contribution in [0, 0.1) is 5.92 Å². The number of benzene rings is 2. The van der Waals surface area contributed by atoms with Crippen molar-refractivity contribution in [1.82, 2.24) is 0 Å². The first kappa shape index (κ1) is 23.6. The number of rotatable bonds is 14. The van der Waals surface area contributed by atoms with Gasteiger partial charge in [-0.3, -0.25) is 4.79 Å². The average Bonchev–Trinajstić information content (AvgIpc) is 2.73. The summed E-state index contributed by atoms with van der Waals surface area (Å²) in [7, 11) is 0.